The van der Waals surface area contributed by atoms with Gasteiger partial charge >= 0.3 is 0 Å². The Kier molecular flexibility index (Phi) is 6.38. The number of rotatable bonds is 8. The number of hydrogen-bond donors (Lipinski definition) is 1. The van der Waals surface area contributed by atoms with Crippen molar-refractivity contribution >= 4 is 24.1 Å². The van der Waals surface area contributed by atoms with Crippen molar-refractivity contribution in [2.75, 3.05) is 18.0 Å². The Bertz CT molecular complexity index is 927. The van der Waals surface area contributed by atoms with Crippen LogP contribution in [0, 0.1) is 4.77 Å². The van der Waals surface area contributed by atoms with Crippen molar-refractivity contribution in [3.05, 3.63) is 70.8 Å². The Labute approximate surface area is 164 Å². The van der Waals surface area contributed by atoms with Gasteiger partial charge in [-0.15, -0.1) is 0 Å². The van der Waals surface area contributed by atoms with E-state index in [9.17, 15) is 0 Å². The molecule has 27 heavy (non-hydrogen) atoms. The zero-order valence-electron chi connectivity index (χ0n) is 15.5. The summed E-state index contributed by atoms with van der Waals surface area (Å²) in [7, 11) is 0. The molecule has 7 heteroatoms. The smallest absolute Gasteiger partial charge is 0.216 e. The monoisotopic (exact) mass is 381 g/mol. The summed E-state index contributed by atoms with van der Waals surface area (Å²) < 4.78 is 7.74. The molecule has 0 saturated heterocycles. The fraction of sp³-hybridized carbons (Fsp3) is 0.250. The molecule has 0 fully saturated rings. The average Bonchev–Trinajstić information content (AvgIpc) is 3.07. The molecular formula is C20H23N5OS. The van der Waals surface area contributed by atoms with Gasteiger partial charge in [0.2, 0.25) is 4.77 Å². The topological polar surface area (TPSA) is 58.4 Å². The maximum Gasteiger partial charge on any atom is 0.216 e. The summed E-state index contributed by atoms with van der Waals surface area (Å²) in [5.41, 5.74) is 2.19. The first-order valence-corrected chi connectivity index (χ1v) is 9.35. The highest BCUT2D eigenvalue weighted by molar-refractivity contribution is 7.71. The molecule has 3 aromatic rings. The Morgan fingerprint density at radius 3 is 2.48 bits per heavy atom. The first-order chi connectivity index (χ1) is 13.2. The van der Waals surface area contributed by atoms with Crippen molar-refractivity contribution in [1.82, 2.24) is 14.9 Å². The number of aromatic nitrogens is 3. The van der Waals surface area contributed by atoms with Crippen LogP contribution in [0.2, 0.25) is 0 Å². The summed E-state index contributed by atoms with van der Waals surface area (Å²) >= 11 is 5.27. The molecule has 0 spiro atoms. The van der Waals surface area contributed by atoms with Gasteiger partial charge < -0.3 is 9.64 Å². The predicted molar refractivity (Wildman–Crippen MR) is 111 cm³/mol. The second-order valence-corrected chi connectivity index (χ2v) is 6.25. The van der Waals surface area contributed by atoms with Crippen molar-refractivity contribution in [3.63, 3.8) is 0 Å². The zero-order valence-corrected chi connectivity index (χ0v) is 16.3. The SMILES string of the molecule is CCN(CC)c1ccc(C=Nn2c(COc3ccccc3)n[nH]c2=S)cc1. The van der Waals surface area contributed by atoms with E-state index in [4.69, 9.17) is 17.0 Å². The molecule has 0 unspecified atom stereocenters. The highest BCUT2D eigenvalue weighted by Crippen LogP contribution is 2.14. The zero-order chi connectivity index (χ0) is 19.1. The Balaban J connectivity index is 1.71. The number of H-pyrrole nitrogens is 1. The lowest BCUT2D eigenvalue weighted by Gasteiger charge is -2.20. The summed E-state index contributed by atoms with van der Waals surface area (Å²) in [5.74, 6) is 1.38. The minimum Gasteiger partial charge on any atom is -0.486 e. The molecule has 6 nitrogen and oxygen atoms in total. The van der Waals surface area contributed by atoms with Crippen molar-refractivity contribution in [1.29, 1.82) is 0 Å². The number of hydrogen-bond acceptors (Lipinski definition) is 5. The van der Waals surface area contributed by atoms with Crippen molar-refractivity contribution < 1.29 is 4.74 Å². The molecular weight excluding hydrogens is 358 g/mol. The minimum absolute atomic E-state index is 0.273. The van der Waals surface area contributed by atoms with Gasteiger partial charge in [0.15, 0.2) is 5.82 Å². The summed E-state index contributed by atoms with van der Waals surface area (Å²) in [6.45, 7) is 6.55. The van der Waals surface area contributed by atoms with Crippen molar-refractivity contribution in [2.24, 2.45) is 5.10 Å². The molecule has 0 aliphatic heterocycles. The number of para-hydroxylation sites is 1. The molecule has 1 aromatic heterocycles. The third-order valence-corrected chi connectivity index (χ3v) is 4.44. The fourth-order valence-electron chi connectivity index (χ4n) is 2.69. The van der Waals surface area contributed by atoms with Crippen LogP contribution in [0.1, 0.15) is 25.2 Å². The number of aromatic amines is 1. The van der Waals surface area contributed by atoms with Gasteiger partial charge in [-0.2, -0.15) is 14.9 Å². The Morgan fingerprint density at radius 2 is 1.81 bits per heavy atom. The molecule has 0 aliphatic rings. The van der Waals surface area contributed by atoms with Gasteiger partial charge in [-0.05, 0) is 55.9 Å². The molecule has 3 rings (SSSR count). The molecule has 0 saturated carbocycles. The number of anilines is 1. The summed E-state index contributed by atoms with van der Waals surface area (Å²) in [6.07, 6.45) is 1.77. The van der Waals surface area contributed by atoms with Gasteiger partial charge in [-0.3, -0.25) is 0 Å². The van der Waals surface area contributed by atoms with E-state index in [1.54, 1.807) is 10.9 Å². The van der Waals surface area contributed by atoms with Gasteiger partial charge in [0.25, 0.3) is 0 Å². The van der Waals surface area contributed by atoms with Crippen LogP contribution in [0.4, 0.5) is 5.69 Å². The van der Waals surface area contributed by atoms with Gasteiger partial charge in [0.05, 0.1) is 6.21 Å². The van der Waals surface area contributed by atoms with E-state index >= 15 is 0 Å². The van der Waals surface area contributed by atoms with E-state index in [2.05, 4.69) is 46.2 Å². The molecule has 0 atom stereocenters. The number of benzene rings is 2. The van der Waals surface area contributed by atoms with Crippen LogP contribution in [0.15, 0.2) is 59.7 Å². The maximum absolute atomic E-state index is 5.74. The summed E-state index contributed by atoms with van der Waals surface area (Å²) in [5, 5.41) is 11.4. The largest absolute Gasteiger partial charge is 0.486 e. The molecule has 0 bridgehead atoms. The van der Waals surface area contributed by atoms with E-state index in [-0.39, 0.29) is 6.61 Å². The highest BCUT2D eigenvalue weighted by atomic mass is 32.1. The van der Waals surface area contributed by atoms with Crippen LogP contribution >= 0.6 is 12.2 Å². The van der Waals surface area contributed by atoms with Gasteiger partial charge in [-0.25, -0.2) is 5.10 Å². The van der Waals surface area contributed by atoms with Crippen LogP contribution in [-0.4, -0.2) is 34.2 Å². The van der Waals surface area contributed by atoms with Gasteiger partial charge in [0, 0.05) is 18.8 Å². The molecule has 2 aromatic carbocycles. The Morgan fingerprint density at radius 1 is 1.11 bits per heavy atom. The van der Waals surface area contributed by atoms with E-state index in [1.807, 2.05) is 42.5 Å². The summed E-state index contributed by atoms with van der Waals surface area (Å²) in [6, 6.07) is 17.9. The molecule has 0 amide bonds. The van der Waals surface area contributed by atoms with Crippen LogP contribution in [-0.2, 0) is 6.61 Å². The van der Waals surface area contributed by atoms with Crippen molar-refractivity contribution in [2.45, 2.75) is 20.5 Å². The summed E-state index contributed by atoms with van der Waals surface area (Å²) in [4.78, 5) is 2.30. The van der Waals surface area contributed by atoms with E-state index < -0.39 is 0 Å². The molecule has 1 N–H and O–H groups in total. The highest BCUT2D eigenvalue weighted by Gasteiger charge is 2.06. The van der Waals surface area contributed by atoms with Crippen molar-refractivity contribution in [3.8, 4) is 5.75 Å². The lowest BCUT2D eigenvalue weighted by molar-refractivity contribution is 0.290. The maximum atomic E-state index is 5.74. The second kappa shape index (κ2) is 9.14. The predicted octanol–water partition coefficient (Wildman–Crippen LogP) is 4.25. The minimum atomic E-state index is 0.273. The molecule has 0 aliphatic carbocycles. The number of ether oxygens (including phenoxy) is 1. The van der Waals surface area contributed by atoms with Gasteiger partial charge in [-0.1, -0.05) is 30.3 Å². The number of nitrogens with one attached hydrogen (secondary N) is 1. The van der Waals surface area contributed by atoms with E-state index in [1.165, 1.54) is 5.69 Å². The number of nitrogens with zero attached hydrogens (tertiary/aromatic N) is 4. The third kappa shape index (κ3) is 4.83. The first-order valence-electron chi connectivity index (χ1n) is 8.94. The van der Waals surface area contributed by atoms with Crippen LogP contribution in [0.5, 0.6) is 5.75 Å². The van der Waals surface area contributed by atoms with Gasteiger partial charge in [0.1, 0.15) is 12.4 Å². The van der Waals surface area contributed by atoms with Crippen LogP contribution in [0.3, 0.4) is 0 Å². The first kappa shape index (κ1) is 18.8. The van der Waals surface area contributed by atoms with E-state index in [0.29, 0.717) is 10.6 Å². The second-order valence-electron chi connectivity index (χ2n) is 5.87. The molecule has 0 radical (unpaired) electrons. The van der Waals surface area contributed by atoms with E-state index in [0.717, 1.165) is 24.4 Å². The fourth-order valence-corrected chi connectivity index (χ4v) is 2.88. The molecule has 1 heterocycles. The standard InChI is InChI=1S/C20H23N5OS/c1-3-24(4-2)17-12-10-16(11-13-17)14-21-25-19(22-23-20(25)27)15-26-18-8-6-5-7-9-18/h5-14H,3-4,15H2,1-2H3,(H,23,27). The quantitative estimate of drug-likeness (QED) is 0.468. The van der Waals surface area contributed by atoms with Crippen LogP contribution < -0.4 is 9.64 Å². The Hall–Kier alpha value is -2.93. The molecule has 140 valence electrons. The van der Waals surface area contributed by atoms with Crippen LogP contribution in [0.25, 0.3) is 0 Å². The normalized spacial score (nSPS) is 11.0. The average molecular weight is 382 g/mol. The lowest BCUT2D eigenvalue weighted by Crippen LogP contribution is -2.21. The lowest BCUT2D eigenvalue weighted by atomic mass is 10.2. The third-order valence-electron chi connectivity index (χ3n) is 4.17.